The van der Waals surface area contributed by atoms with Crippen molar-refractivity contribution in [3.63, 3.8) is 0 Å². The highest BCUT2D eigenvalue weighted by Crippen LogP contribution is 2.38. The molecule has 0 aliphatic heterocycles. The van der Waals surface area contributed by atoms with Gasteiger partial charge in [0.2, 0.25) is 5.91 Å². The molecule has 1 aliphatic carbocycles. The Hall–Kier alpha value is -3.26. The number of hydrogen-bond donors (Lipinski definition) is 2. The molecular weight excluding hydrogens is 417 g/mol. The normalized spacial score (nSPS) is 14.7. The molecule has 4 rings (SSSR count). The van der Waals surface area contributed by atoms with E-state index in [1.54, 1.807) is 7.11 Å². The number of nitrogens with one attached hydrogen (secondary N) is 2. The lowest BCUT2D eigenvalue weighted by atomic mass is 10.1. The van der Waals surface area contributed by atoms with E-state index in [1.807, 2.05) is 24.3 Å². The summed E-state index contributed by atoms with van der Waals surface area (Å²) in [5.41, 5.74) is 2.21. The van der Waals surface area contributed by atoms with Gasteiger partial charge in [0, 0.05) is 17.0 Å². The first-order valence-corrected chi connectivity index (χ1v) is 10.8. The summed E-state index contributed by atoms with van der Waals surface area (Å²) in [6.45, 7) is 0.537. The van der Waals surface area contributed by atoms with Crippen molar-refractivity contribution >= 4 is 28.3 Å². The van der Waals surface area contributed by atoms with Crippen LogP contribution in [-0.2, 0) is 17.6 Å². The maximum atomic E-state index is 13.0. The van der Waals surface area contributed by atoms with Gasteiger partial charge in [-0.3, -0.25) is 14.9 Å². The molecule has 0 fully saturated rings. The number of thiazole rings is 1. The fourth-order valence-electron chi connectivity index (χ4n) is 3.55. The van der Waals surface area contributed by atoms with Crippen molar-refractivity contribution in [3.05, 3.63) is 76.0 Å². The van der Waals surface area contributed by atoms with Gasteiger partial charge in [-0.2, -0.15) is 0 Å². The number of carbonyl (C=O) groups is 2. The Morgan fingerprint density at radius 2 is 1.90 bits per heavy atom. The van der Waals surface area contributed by atoms with E-state index >= 15 is 0 Å². The second-order valence-corrected chi connectivity index (χ2v) is 8.35. The number of methoxy groups -OCH3 is 1. The lowest BCUT2D eigenvalue weighted by Gasteiger charge is -2.11. The number of halogens is 1. The van der Waals surface area contributed by atoms with E-state index in [9.17, 15) is 14.0 Å². The number of anilines is 1. The fourth-order valence-corrected chi connectivity index (χ4v) is 4.59. The molecule has 2 aromatic carbocycles. The van der Waals surface area contributed by atoms with Crippen molar-refractivity contribution in [1.29, 1.82) is 0 Å². The van der Waals surface area contributed by atoms with Gasteiger partial charge in [0.25, 0.3) is 5.91 Å². The van der Waals surface area contributed by atoms with Gasteiger partial charge in [0.05, 0.1) is 18.7 Å². The molecule has 1 atom stereocenters. The summed E-state index contributed by atoms with van der Waals surface area (Å²) < 4.78 is 18.2. The van der Waals surface area contributed by atoms with Crippen LogP contribution in [-0.4, -0.2) is 30.5 Å². The van der Waals surface area contributed by atoms with Gasteiger partial charge in [0.1, 0.15) is 11.6 Å². The first kappa shape index (κ1) is 21.0. The van der Waals surface area contributed by atoms with Gasteiger partial charge in [-0.05, 0) is 61.2 Å². The molecule has 2 N–H and O–H groups in total. The number of benzene rings is 2. The monoisotopic (exact) mass is 439 g/mol. The van der Waals surface area contributed by atoms with E-state index in [-0.39, 0.29) is 17.7 Å². The van der Waals surface area contributed by atoms with E-state index in [1.165, 1.54) is 35.6 Å². The number of aryl methyl sites for hydroxylation is 1. The minimum absolute atomic E-state index is 0.0472. The summed E-state index contributed by atoms with van der Waals surface area (Å²) in [6, 6.07) is 13.1. The van der Waals surface area contributed by atoms with E-state index in [0.717, 1.165) is 34.7 Å². The smallest absolute Gasteiger partial charge is 0.257 e. The van der Waals surface area contributed by atoms with Gasteiger partial charge in [-0.15, -0.1) is 11.3 Å². The molecule has 31 heavy (non-hydrogen) atoms. The van der Waals surface area contributed by atoms with Crippen LogP contribution in [0, 0.1) is 5.82 Å². The second-order valence-electron chi connectivity index (χ2n) is 7.27. The Bertz CT molecular complexity index is 1080. The predicted molar refractivity (Wildman–Crippen MR) is 117 cm³/mol. The zero-order valence-electron chi connectivity index (χ0n) is 17.0. The summed E-state index contributed by atoms with van der Waals surface area (Å²) in [7, 11) is 1.63. The summed E-state index contributed by atoms with van der Waals surface area (Å²) >= 11 is 1.38. The van der Waals surface area contributed by atoms with Crippen molar-refractivity contribution in [2.24, 2.45) is 0 Å². The largest absolute Gasteiger partial charge is 0.497 e. The van der Waals surface area contributed by atoms with E-state index in [0.29, 0.717) is 23.7 Å². The number of nitrogens with zero attached hydrogens (tertiary/aromatic N) is 1. The molecule has 160 valence electrons. The van der Waals surface area contributed by atoms with Crippen LogP contribution < -0.4 is 15.4 Å². The lowest BCUT2D eigenvalue weighted by Crippen LogP contribution is -2.30. The third-order valence-electron chi connectivity index (χ3n) is 5.23. The summed E-state index contributed by atoms with van der Waals surface area (Å²) in [6.07, 6.45) is 2.20. The van der Waals surface area contributed by atoms with Gasteiger partial charge in [0.15, 0.2) is 5.13 Å². The molecule has 0 spiro atoms. The van der Waals surface area contributed by atoms with Crippen LogP contribution in [0.4, 0.5) is 9.52 Å². The highest BCUT2D eigenvalue weighted by atomic mass is 32.1. The van der Waals surface area contributed by atoms with E-state index < -0.39 is 5.82 Å². The molecule has 0 bridgehead atoms. The molecule has 1 unspecified atom stereocenters. The average molecular weight is 440 g/mol. The maximum Gasteiger partial charge on any atom is 0.257 e. The highest BCUT2D eigenvalue weighted by Gasteiger charge is 2.32. The number of ether oxygens (including phenoxy) is 1. The van der Waals surface area contributed by atoms with Crippen LogP contribution in [0.15, 0.2) is 48.5 Å². The molecule has 2 amide bonds. The standard InChI is InChI=1S/C23H22FN3O3S/c1-30-17-8-2-14(3-9-17)12-13-25-22(29)18-10-11-19-20(18)26-23(31-19)27-21(28)15-4-6-16(24)7-5-15/h2-9,18H,10-13H2,1H3,(H,25,29)(H,26,27,28). The molecule has 0 radical (unpaired) electrons. The maximum absolute atomic E-state index is 13.0. The Kier molecular flexibility index (Phi) is 6.27. The van der Waals surface area contributed by atoms with E-state index in [4.69, 9.17) is 4.74 Å². The van der Waals surface area contributed by atoms with Gasteiger partial charge in [-0.25, -0.2) is 9.37 Å². The second kappa shape index (κ2) is 9.26. The molecular formula is C23H22FN3O3S. The Morgan fingerprint density at radius 3 is 2.61 bits per heavy atom. The van der Waals surface area contributed by atoms with Crippen LogP contribution in [0.1, 0.15) is 38.8 Å². The minimum atomic E-state index is -0.398. The van der Waals surface area contributed by atoms with Crippen LogP contribution in [0.2, 0.25) is 0 Å². The van der Waals surface area contributed by atoms with Crippen molar-refractivity contribution < 1.29 is 18.7 Å². The predicted octanol–water partition coefficient (Wildman–Crippen LogP) is 3.93. The zero-order chi connectivity index (χ0) is 21.8. The summed E-state index contributed by atoms with van der Waals surface area (Å²) in [5.74, 6) is -0.303. The SMILES string of the molecule is COc1ccc(CCNC(=O)C2CCc3sc(NC(=O)c4ccc(F)cc4)nc32)cc1. The van der Waals surface area contributed by atoms with Crippen molar-refractivity contribution in [3.8, 4) is 5.75 Å². The van der Waals surface area contributed by atoms with Crippen LogP contribution in [0.3, 0.4) is 0 Å². The number of rotatable bonds is 7. The first-order chi connectivity index (χ1) is 15.0. The molecule has 1 heterocycles. The first-order valence-electron chi connectivity index (χ1n) is 10.0. The Morgan fingerprint density at radius 1 is 1.16 bits per heavy atom. The quantitative estimate of drug-likeness (QED) is 0.585. The van der Waals surface area contributed by atoms with Crippen molar-refractivity contribution in [1.82, 2.24) is 10.3 Å². The molecule has 0 saturated heterocycles. The van der Waals surface area contributed by atoms with Crippen LogP contribution >= 0.6 is 11.3 Å². The Labute approximate surface area is 183 Å². The number of amides is 2. The molecule has 3 aromatic rings. The highest BCUT2D eigenvalue weighted by molar-refractivity contribution is 7.16. The summed E-state index contributed by atoms with van der Waals surface area (Å²) in [4.78, 5) is 30.5. The Balaban J connectivity index is 1.33. The number of hydrogen-bond acceptors (Lipinski definition) is 5. The van der Waals surface area contributed by atoms with Crippen molar-refractivity contribution in [2.45, 2.75) is 25.2 Å². The molecule has 0 saturated carbocycles. The summed E-state index contributed by atoms with van der Waals surface area (Å²) in [5, 5.41) is 6.19. The van der Waals surface area contributed by atoms with E-state index in [2.05, 4.69) is 15.6 Å². The molecule has 1 aliphatic rings. The zero-order valence-corrected chi connectivity index (χ0v) is 17.8. The third-order valence-corrected chi connectivity index (χ3v) is 6.28. The third kappa shape index (κ3) is 4.91. The fraction of sp³-hybridized carbons (Fsp3) is 0.261. The number of fused-ring (bicyclic) bond motifs is 1. The average Bonchev–Trinajstić information content (AvgIpc) is 3.34. The van der Waals surface area contributed by atoms with Crippen LogP contribution in [0.25, 0.3) is 0 Å². The van der Waals surface area contributed by atoms with Gasteiger partial charge in [-0.1, -0.05) is 12.1 Å². The minimum Gasteiger partial charge on any atom is -0.497 e. The van der Waals surface area contributed by atoms with Crippen molar-refractivity contribution in [2.75, 3.05) is 19.0 Å². The molecule has 1 aromatic heterocycles. The number of carbonyl (C=O) groups excluding carboxylic acids is 2. The molecule has 8 heteroatoms. The number of aromatic nitrogens is 1. The lowest BCUT2D eigenvalue weighted by molar-refractivity contribution is -0.122. The van der Waals surface area contributed by atoms with Gasteiger partial charge >= 0.3 is 0 Å². The molecule has 6 nitrogen and oxygen atoms in total. The van der Waals surface area contributed by atoms with Crippen LogP contribution in [0.5, 0.6) is 5.75 Å². The van der Waals surface area contributed by atoms with Gasteiger partial charge < -0.3 is 10.1 Å². The topological polar surface area (TPSA) is 80.3 Å².